The van der Waals surface area contributed by atoms with Crippen LogP contribution in [0.5, 0.6) is 0 Å². The number of hydrogen-bond acceptors (Lipinski definition) is 2. The summed E-state index contributed by atoms with van der Waals surface area (Å²) in [6, 6.07) is 8.35. The molecule has 3 heteroatoms. The Bertz CT molecular complexity index is 509. The van der Waals surface area contributed by atoms with Gasteiger partial charge in [0.2, 0.25) is 0 Å². The second-order valence-electron chi connectivity index (χ2n) is 3.54. The van der Waals surface area contributed by atoms with Gasteiger partial charge in [-0.1, -0.05) is 35.4 Å². The third kappa shape index (κ3) is 1.77. The van der Waals surface area contributed by atoms with Gasteiger partial charge in [0.1, 0.15) is 0 Å². The molecule has 0 atom stereocenters. The van der Waals surface area contributed by atoms with Crippen LogP contribution in [-0.4, -0.2) is 9.97 Å². The molecule has 71 valence electrons. The first-order valence-electron chi connectivity index (χ1n) is 4.68. The van der Waals surface area contributed by atoms with Crippen molar-refractivity contribution in [1.29, 1.82) is 0 Å². The third-order valence-corrected chi connectivity index (χ3v) is 2.56. The van der Waals surface area contributed by atoms with Crippen LogP contribution in [0.2, 0.25) is 0 Å². The smallest absolute Gasteiger partial charge is 0.0400 e. The number of hydrogen-bond donors (Lipinski definition) is 0. The molecule has 0 saturated carbocycles. The van der Waals surface area contributed by atoms with Crippen molar-refractivity contribution in [3.8, 4) is 11.1 Å². The van der Waals surface area contributed by atoms with E-state index in [0.717, 1.165) is 23.5 Å². The van der Waals surface area contributed by atoms with E-state index < -0.39 is 0 Å². The summed E-state index contributed by atoms with van der Waals surface area (Å²) >= 11 is 0. The van der Waals surface area contributed by atoms with E-state index in [4.69, 9.17) is 0 Å². The van der Waals surface area contributed by atoms with Gasteiger partial charge in [-0.3, -0.25) is 0 Å². The zero-order valence-electron chi connectivity index (χ0n) is 8.49. The molecule has 0 unspecified atom stereocenters. The van der Waals surface area contributed by atoms with Gasteiger partial charge in [-0.05, 0) is 25.2 Å². The molecule has 0 bridgehead atoms. The third-order valence-electron chi connectivity index (χ3n) is 2.56. The van der Waals surface area contributed by atoms with Gasteiger partial charge in [-0.15, -0.1) is 5.56 Å². The first-order valence-corrected chi connectivity index (χ1v) is 4.68. The van der Waals surface area contributed by atoms with Gasteiger partial charge < -0.3 is 9.97 Å². The molecule has 2 aromatic rings. The largest absolute Gasteiger partial charge is 0.338 e. The van der Waals surface area contributed by atoms with Crippen molar-refractivity contribution in [3.63, 3.8) is 0 Å². The summed E-state index contributed by atoms with van der Waals surface area (Å²) < 4.78 is 0. The molecule has 1 heterocycles. The topological polar surface area (TPSA) is 25.8 Å². The number of benzene rings is 1. The summed E-state index contributed by atoms with van der Waals surface area (Å²) in [6.07, 6.45) is 3.98. The number of aryl methyl sites for hydroxylation is 1. The molecular formula is C12H9N2Y-. The van der Waals surface area contributed by atoms with E-state index in [2.05, 4.69) is 34.4 Å². The van der Waals surface area contributed by atoms with Crippen LogP contribution >= 0.6 is 0 Å². The first kappa shape index (κ1) is 10.9. The average Bonchev–Trinajstić information content (AvgIpc) is 2.54. The van der Waals surface area contributed by atoms with Gasteiger partial charge in [-0.2, -0.15) is 0 Å². The predicted molar refractivity (Wildman–Crippen MR) is 53.8 cm³/mol. The average molecular weight is 270 g/mol. The number of aromatic nitrogens is 2. The van der Waals surface area contributed by atoms with Crippen LogP contribution in [0.15, 0.2) is 24.3 Å². The molecule has 3 rings (SSSR count). The minimum Gasteiger partial charge on any atom is -0.338 e. The molecule has 1 aromatic heterocycles. The maximum atomic E-state index is 4.43. The Morgan fingerprint density at radius 3 is 2.93 bits per heavy atom. The van der Waals surface area contributed by atoms with E-state index in [0.29, 0.717) is 0 Å². The van der Waals surface area contributed by atoms with Crippen molar-refractivity contribution in [1.82, 2.24) is 9.97 Å². The SMILES string of the molecule is Cc1n[c-]c2c(n1)Cc1ccccc1-2.[Y]. The fourth-order valence-corrected chi connectivity index (χ4v) is 1.92. The molecule has 1 radical (unpaired) electrons. The Balaban J connectivity index is 0.000000853. The Labute approximate surface area is 114 Å². The predicted octanol–water partition coefficient (Wildman–Crippen LogP) is 2.15. The van der Waals surface area contributed by atoms with Crippen LogP contribution < -0.4 is 0 Å². The van der Waals surface area contributed by atoms with Gasteiger partial charge >= 0.3 is 0 Å². The van der Waals surface area contributed by atoms with E-state index in [1.165, 1.54) is 11.1 Å². The molecule has 0 spiro atoms. The first-order chi connectivity index (χ1) is 6.84. The Hall–Kier alpha value is -0.596. The zero-order chi connectivity index (χ0) is 9.54. The van der Waals surface area contributed by atoms with Gasteiger partial charge in [-0.25, -0.2) is 0 Å². The molecule has 0 aliphatic heterocycles. The molecule has 0 amide bonds. The number of rotatable bonds is 0. The summed E-state index contributed by atoms with van der Waals surface area (Å²) in [6.45, 7) is 1.90. The minimum atomic E-state index is 0. The fraction of sp³-hybridized carbons (Fsp3) is 0.167. The Kier molecular flexibility index (Phi) is 2.99. The van der Waals surface area contributed by atoms with Crippen LogP contribution in [0.4, 0.5) is 0 Å². The molecule has 1 aliphatic carbocycles. The number of nitrogens with zero attached hydrogens (tertiary/aromatic N) is 2. The fourth-order valence-electron chi connectivity index (χ4n) is 1.92. The maximum Gasteiger partial charge on any atom is 0.0400 e. The summed E-state index contributed by atoms with van der Waals surface area (Å²) in [4.78, 5) is 8.54. The van der Waals surface area contributed by atoms with E-state index in [9.17, 15) is 0 Å². The normalized spacial score (nSPS) is 11.5. The molecule has 1 aliphatic rings. The minimum absolute atomic E-state index is 0. The summed E-state index contributed by atoms with van der Waals surface area (Å²) in [5.41, 5.74) is 4.76. The van der Waals surface area contributed by atoms with Crippen LogP contribution in [0.3, 0.4) is 0 Å². The van der Waals surface area contributed by atoms with Crippen LogP contribution in [-0.2, 0) is 39.1 Å². The van der Waals surface area contributed by atoms with Crippen LogP contribution in [0.1, 0.15) is 17.1 Å². The molecule has 0 fully saturated rings. The number of fused-ring (bicyclic) bond motifs is 3. The molecule has 1 aromatic carbocycles. The molecule has 0 saturated heterocycles. The molecular weight excluding hydrogens is 261 g/mol. The van der Waals surface area contributed by atoms with Gasteiger partial charge in [0.25, 0.3) is 0 Å². The standard InChI is InChI=1S/C12H9N2.Y/c1-8-13-7-11-10-5-3-2-4-9(10)6-12(11)14-8;/h2-5H,6H2,1H3;/q-1;. The molecule has 15 heavy (non-hydrogen) atoms. The van der Waals surface area contributed by atoms with Crippen molar-refractivity contribution in [3.05, 3.63) is 47.5 Å². The van der Waals surface area contributed by atoms with Crippen molar-refractivity contribution in [2.24, 2.45) is 0 Å². The van der Waals surface area contributed by atoms with E-state index in [1.54, 1.807) is 0 Å². The van der Waals surface area contributed by atoms with Crippen molar-refractivity contribution >= 4 is 0 Å². The Morgan fingerprint density at radius 1 is 1.27 bits per heavy atom. The van der Waals surface area contributed by atoms with Crippen LogP contribution in [0, 0.1) is 13.1 Å². The summed E-state index contributed by atoms with van der Waals surface area (Å²) in [7, 11) is 0. The Morgan fingerprint density at radius 2 is 2.07 bits per heavy atom. The quantitative estimate of drug-likeness (QED) is 0.585. The molecule has 0 N–H and O–H groups in total. The summed E-state index contributed by atoms with van der Waals surface area (Å²) in [5, 5.41) is 0. The van der Waals surface area contributed by atoms with E-state index in [1.807, 2.05) is 13.0 Å². The zero-order valence-corrected chi connectivity index (χ0v) is 11.3. The van der Waals surface area contributed by atoms with Gasteiger partial charge in [0.05, 0.1) is 0 Å². The van der Waals surface area contributed by atoms with E-state index >= 15 is 0 Å². The van der Waals surface area contributed by atoms with E-state index in [-0.39, 0.29) is 32.7 Å². The summed E-state index contributed by atoms with van der Waals surface area (Å²) in [5.74, 6) is 0.802. The maximum absolute atomic E-state index is 4.43. The second kappa shape index (κ2) is 4.11. The van der Waals surface area contributed by atoms with Gasteiger partial charge in [0.15, 0.2) is 0 Å². The van der Waals surface area contributed by atoms with Crippen molar-refractivity contribution in [2.45, 2.75) is 13.3 Å². The molecule has 2 nitrogen and oxygen atoms in total. The monoisotopic (exact) mass is 270 g/mol. The second-order valence-corrected chi connectivity index (χ2v) is 3.54. The van der Waals surface area contributed by atoms with Crippen molar-refractivity contribution < 1.29 is 32.7 Å². The van der Waals surface area contributed by atoms with Gasteiger partial charge in [0, 0.05) is 38.5 Å². The van der Waals surface area contributed by atoms with Crippen molar-refractivity contribution in [2.75, 3.05) is 0 Å². The van der Waals surface area contributed by atoms with Crippen LogP contribution in [0.25, 0.3) is 11.1 Å².